The molecule has 3 rings (SSSR count). The third-order valence-electron chi connectivity index (χ3n) is 5.04. The summed E-state index contributed by atoms with van der Waals surface area (Å²) in [7, 11) is 0. The molecule has 0 aromatic carbocycles. The first-order valence-corrected chi connectivity index (χ1v) is 8.96. The monoisotopic (exact) mass is 320 g/mol. The van der Waals surface area contributed by atoms with Gasteiger partial charge >= 0.3 is 0 Å². The molecule has 1 fully saturated rings. The van der Waals surface area contributed by atoms with Gasteiger partial charge in [-0.15, -0.1) is 0 Å². The lowest BCUT2D eigenvalue weighted by atomic mass is 9.98. The van der Waals surface area contributed by atoms with Gasteiger partial charge in [0.1, 0.15) is 0 Å². The van der Waals surface area contributed by atoms with Crippen LogP contribution in [-0.4, -0.2) is 41.9 Å². The summed E-state index contributed by atoms with van der Waals surface area (Å²) in [6.07, 6.45) is 7.21. The topological polar surface area (TPSA) is 79.0 Å². The van der Waals surface area contributed by atoms with Crippen LogP contribution in [0.4, 0.5) is 0 Å². The van der Waals surface area contributed by atoms with E-state index >= 15 is 0 Å². The van der Waals surface area contributed by atoms with Crippen molar-refractivity contribution in [3.63, 3.8) is 0 Å². The summed E-state index contributed by atoms with van der Waals surface area (Å²) in [5.74, 6) is 0.585. The Morgan fingerprint density at radius 2 is 2.26 bits per heavy atom. The van der Waals surface area contributed by atoms with E-state index in [1.165, 1.54) is 25.7 Å². The van der Waals surface area contributed by atoms with Gasteiger partial charge in [0, 0.05) is 43.9 Å². The lowest BCUT2D eigenvalue weighted by Gasteiger charge is -2.23. The maximum atomic E-state index is 12.4. The van der Waals surface area contributed by atoms with Gasteiger partial charge in [0.2, 0.25) is 0 Å². The molecule has 128 valence electrons. The maximum absolute atomic E-state index is 12.4. The second-order valence-corrected chi connectivity index (χ2v) is 6.54. The molecule has 0 radical (unpaired) electrons. The molecule has 6 nitrogen and oxygen atoms in total. The van der Waals surface area contributed by atoms with Crippen molar-refractivity contribution >= 4 is 5.91 Å². The summed E-state index contributed by atoms with van der Waals surface area (Å²) in [4.78, 5) is 12.4. The van der Waals surface area contributed by atoms with Gasteiger partial charge in [-0.3, -0.25) is 9.89 Å². The van der Waals surface area contributed by atoms with Crippen molar-refractivity contribution in [1.29, 1.82) is 0 Å². The first-order chi connectivity index (χ1) is 11.3. The molecule has 0 saturated heterocycles. The van der Waals surface area contributed by atoms with E-state index < -0.39 is 0 Å². The smallest absolute Gasteiger partial charge is 0.272 e. The van der Waals surface area contributed by atoms with E-state index in [9.17, 15) is 4.79 Å². The van der Waals surface area contributed by atoms with Gasteiger partial charge < -0.3 is 15.4 Å². The number of nitrogens with zero attached hydrogens (tertiary/aromatic N) is 1. The first kappa shape index (κ1) is 16.5. The molecule has 23 heavy (non-hydrogen) atoms. The number of H-pyrrole nitrogens is 1. The number of hydrogen-bond donors (Lipinski definition) is 3. The van der Waals surface area contributed by atoms with E-state index in [4.69, 9.17) is 4.74 Å². The zero-order chi connectivity index (χ0) is 16.1. The van der Waals surface area contributed by atoms with Gasteiger partial charge in [-0.1, -0.05) is 12.8 Å². The van der Waals surface area contributed by atoms with Crippen LogP contribution in [0.5, 0.6) is 0 Å². The molecule has 1 aromatic heterocycles. The zero-order valence-electron chi connectivity index (χ0n) is 14.0. The average molecular weight is 320 g/mol. The molecule has 0 bridgehead atoms. The number of ether oxygens (including phenoxy) is 1. The predicted molar refractivity (Wildman–Crippen MR) is 88.3 cm³/mol. The van der Waals surface area contributed by atoms with Crippen molar-refractivity contribution < 1.29 is 9.53 Å². The second kappa shape index (κ2) is 7.93. The minimum atomic E-state index is -0.0760. The third kappa shape index (κ3) is 3.93. The van der Waals surface area contributed by atoms with Crippen molar-refractivity contribution in [2.45, 2.75) is 58.1 Å². The number of nitrogens with one attached hydrogen (secondary N) is 3. The van der Waals surface area contributed by atoms with Gasteiger partial charge in [-0.2, -0.15) is 5.10 Å². The highest BCUT2D eigenvalue weighted by Crippen LogP contribution is 2.30. The Kier molecular flexibility index (Phi) is 5.67. The molecule has 1 atom stereocenters. The molecule has 0 spiro atoms. The van der Waals surface area contributed by atoms with Crippen molar-refractivity contribution in [1.82, 2.24) is 20.8 Å². The Morgan fingerprint density at radius 1 is 1.43 bits per heavy atom. The zero-order valence-corrected chi connectivity index (χ0v) is 14.0. The lowest BCUT2D eigenvalue weighted by Crippen LogP contribution is -2.32. The van der Waals surface area contributed by atoms with E-state index in [1.807, 2.05) is 6.92 Å². The van der Waals surface area contributed by atoms with Crippen molar-refractivity contribution in [2.75, 3.05) is 19.7 Å². The van der Waals surface area contributed by atoms with Crippen LogP contribution in [0, 0.1) is 5.92 Å². The van der Waals surface area contributed by atoms with Crippen LogP contribution < -0.4 is 10.6 Å². The molecular formula is C17H28N4O2. The summed E-state index contributed by atoms with van der Waals surface area (Å²) in [6.45, 7) is 5.10. The lowest BCUT2D eigenvalue weighted by molar-refractivity contribution is 0.0163. The SMILES string of the molecule is CCOC(CCNC(=O)c1n[nH]c2c1CNCC2)C1CCCC1. The summed E-state index contributed by atoms with van der Waals surface area (Å²) < 4.78 is 5.91. The number of amides is 1. The van der Waals surface area contributed by atoms with Crippen LogP contribution in [0.3, 0.4) is 0 Å². The normalized spacial score (nSPS) is 19.5. The molecule has 1 saturated carbocycles. The van der Waals surface area contributed by atoms with E-state index in [0.29, 0.717) is 18.2 Å². The van der Waals surface area contributed by atoms with Crippen LogP contribution >= 0.6 is 0 Å². The summed E-state index contributed by atoms with van der Waals surface area (Å²) in [6, 6.07) is 0. The quantitative estimate of drug-likeness (QED) is 0.715. The van der Waals surface area contributed by atoms with E-state index in [2.05, 4.69) is 20.8 Å². The molecule has 3 N–H and O–H groups in total. The number of aromatic nitrogens is 2. The Bertz CT molecular complexity index is 523. The fourth-order valence-corrected chi connectivity index (χ4v) is 3.82. The number of fused-ring (bicyclic) bond motifs is 1. The number of rotatable bonds is 7. The molecule has 1 amide bonds. The van der Waals surface area contributed by atoms with Crippen LogP contribution in [0.15, 0.2) is 0 Å². The minimum Gasteiger partial charge on any atom is -0.378 e. The van der Waals surface area contributed by atoms with E-state index in [0.717, 1.165) is 43.8 Å². The molecule has 2 aliphatic rings. The van der Waals surface area contributed by atoms with Gasteiger partial charge in [-0.05, 0) is 32.1 Å². The maximum Gasteiger partial charge on any atom is 0.272 e. The first-order valence-electron chi connectivity index (χ1n) is 8.96. The van der Waals surface area contributed by atoms with Crippen molar-refractivity contribution in [3.8, 4) is 0 Å². The number of aromatic amines is 1. The molecule has 1 aliphatic heterocycles. The summed E-state index contributed by atoms with van der Waals surface area (Å²) in [5, 5.41) is 13.5. The van der Waals surface area contributed by atoms with Crippen LogP contribution in [-0.2, 0) is 17.7 Å². The second-order valence-electron chi connectivity index (χ2n) is 6.54. The van der Waals surface area contributed by atoms with Crippen LogP contribution in [0.1, 0.15) is 60.8 Å². The highest BCUT2D eigenvalue weighted by molar-refractivity contribution is 5.94. The largest absolute Gasteiger partial charge is 0.378 e. The molecule has 1 aromatic rings. The molecule has 1 unspecified atom stereocenters. The van der Waals surface area contributed by atoms with Crippen LogP contribution in [0.2, 0.25) is 0 Å². The fraction of sp³-hybridized carbons (Fsp3) is 0.765. The molecule has 2 heterocycles. The van der Waals surface area contributed by atoms with E-state index in [1.54, 1.807) is 0 Å². The predicted octanol–water partition coefficient (Wildman–Crippen LogP) is 1.77. The number of carbonyl (C=O) groups is 1. The highest BCUT2D eigenvalue weighted by Gasteiger charge is 2.26. The van der Waals surface area contributed by atoms with Gasteiger partial charge in [-0.25, -0.2) is 0 Å². The molecule has 6 heteroatoms. The van der Waals surface area contributed by atoms with Gasteiger partial charge in [0.05, 0.1) is 6.10 Å². The average Bonchev–Trinajstić information content (AvgIpc) is 3.23. The fourth-order valence-electron chi connectivity index (χ4n) is 3.82. The molecule has 1 aliphatic carbocycles. The summed E-state index contributed by atoms with van der Waals surface area (Å²) >= 11 is 0. The molecular weight excluding hydrogens is 292 g/mol. The van der Waals surface area contributed by atoms with E-state index in [-0.39, 0.29) is 12.0 Å². The van der Waals surface area contributed by atoms with Crippen molar-refractivity contribution in [2.24, 2.45) is 5.92 Å². The minimum absolute atomic E-state index is 0.0760. The number of hydrogen-bond acceptors (Lipinski definition) is 4. The Morgan fingerprint density at radius 3 is 3.04 bits per heavy atom. The third-order valence-corrected chi connectivity index (χ3v) is 5.04. The van der Waals surface area contributed by atoms with Crippen LogP contribution in [0.25, 0.3) is 0 Å². The van der Waals surface area contributed by atoms with Gasteiger partial charge in [0.15, 0.2) is 5.69 Å². The highest BCUT2D eigenvalue weighted by atomic mass is 16.5. The Hall–Kier alpha value is -1.40. The Balaban J connectivity index is 1.51. The Labute approximate surface area is 137 Å². The number of carbonyl (C=O) groups excluding carboxylic acids is 1. The van der Waals surface area contributed by atoms with Gasteiger partial charge in [0.25, 0.3) is 5.91 Å². The van der Waals surface area contributed by atoms with Crippen molar-refractivity contribution in [3.05, 3.63) is 17.0 Å². The standard InChI is InChI=1S/C17H28N4O2/c1-2-23-15(12-5-3-4-6-12)8-10-19-17(22)16-13-11-18-9-7-14(13)20-21-16/h12,15,18H,2-11H2,1H3,(H,19,22)(H,20,21). The summed E-state index contributed by atoms with van der Waals surface area (Å²) in [5.41, 5.74) is 2.65.